The van der Waals surface area contributed by atoms with E-state index in [2.05, 4.69) is 38.3 Å². The number of aromatic amines is 1. The van der Waals surface area contributed by atoms with E-state index in [1.807, 2.05) is 11.0 Å². The highest BCUT2D eigenvalue weighted by Gasteiger charge is 2.29. The fourth-order valence-corrected chi connectivity index (χ4v) is 7.73. The lowest BCUT2D eigenvalue weighted by molar-refractivity contribution is -0.121. The molecule has 1 aromatic carbocycles. The van der Waals surface area contributed by atoms with Crippen LogP contribution in [-0.2, 0) is 11.3 Å². The van der Waals surface area contributed by atoms with Gasteiger partial charge in [0, 0.05) is 75.2 Å². The SMILES string of the molecule is CCN1CCN(C(=O)c2cn[nH]c2C2CCCCC2)CCC(=O)NCC2CCCN(C2)c2nc3cc(OC)c(OC)c(OC)c3cc2C1. The van der Waals surface area contributed by atoms with Crippen molar-refractivity contribution < 1.29 is 23.8 Å². The molecule has 0 radical (unpaired) electrons. The molecule has 2 aliphatic heterocycles. The predicted octanol–water partition coefficient (Wildman–Crippen LogP) is 4.73. The summed E-state index contributed by atoms with van der Waals surface area (Å²) >= 11 is 0. The molecule has 260 valence electrons. The van der Waals surface area contributed by atoms with Crippen LogP contribution in [0.25, 0.3) is 10.9 Å². The highest BCUT2D eigenvalue weighted by Crippen LogP contribution is 2.44. The summed E-state index contributed by atoms with van der Waals surface area (Å²) in [6.07, 6.45) is 9.71. The number of benzene rings is 1. The van der Waals surface area contributed by atoms with Gasteiger partial charge in [-0.15, -0.1) is 0 Å². The number of rotatable bonds is 6. The fraction of sp³-hybridized carbons (Fsp3) is 0.611. The van der Waals surface area contributed by atoms with Crippen LogP contribution in [0.5, 0.6) is 17.2 Å². The zero-order valence-electron chi connectivity index (χ0n) is 29.0. The molecule has 2 amide bonds. The second-order valence-electron chi connectivity index (χ2n) is 13.4. The second-order valence-corrected chi connectivity index (χ2v) is 13.4. The molecule has 1 unspecified atom stereocenters. The summed E-state index contributed by atoms with van der Waals surface area (Å²) < 4.78 is 17.2. The maximum absolute atomic E-state index is 14.2. The fourth-order valence-electron chi connectivity index (χ4n) is 7.73. The van der Waals surface area contributed by atoms with Gasteiger partial charge < -0.3 is 29.3 Å². The first-order valence-corrected chi connectivity index (χ1v) is 17.6. The maximum atomic E-state index is 14.2. The Morgan fingerprint density at radius 1 is 0.958 bits per heavy atom. The van der Waals surface area contributed by atoms with Crippen LogP contribution in [0, 0.1) is 5.92 Å². The first-order valence-electron chi connectivity index (χ1n) is 17.6. The first-order chi connectivity index (χ1) is 23.4. The molecule has 1 aliphatic carbocycles. The number of methoxy groups -OCH3 is 3. The lowest BCUT2D eigenvalue weighted by Gasteiger charge is -2.35. The van der Waals surface area contributed by atoms with Crippen LogP contribution in [0.1, 0.15) is 85.8 Å². The van der Waals surface area contributed by atoms with Crippen LogP contribution in [0.2, 0.25) is 0 Å². The van der Waals surface area contributed by atoms with E-state index in [1.54, 1.807) is 27.5 Å². The summed E-state index contributed by atoms with van der Waals surface area (Å²) in [6, 6.07) is 4.09. The monoisotopic (exact) mass is 661 g/mol. The number of aromatic nitrogens is 3. The zero-order chi connectivity index (χ0) is 33.6. The van der Waals surface area contributed by atoms with E-state index in [4.69, 9.17) is 19.2 Å². The van der Waals surface area contributed by atoms with Crippen molar-refractivity contribution >= 4 is 28.5 Å². The Labute approximate surface area is 283 Å². The van der Waals surface area contributed by atoms with Crippen molar-refractivity contribution in [1.82, 2.24) is 30.3 Å². The Morgan fingerprint density at radius 2 is 1.77 bits per heavy atom. The summed E-state index contributed by atoms with van der Waals surface area (Å²) in [6.45, 7) is 7.35. The number of piperidine rings is 1. The number of carbonyl (C=O) groups excluding carboxylic acids is 2. The highest BCUT2D eigenvalue weighted by atomic mass is 16.5. The molecule has 12 heteroatoms. The van der Waals surface area contributed by atoms with Gasteiger partial charge in [-0.25, -0.2) is 4.98 Å². The largest absolute Gasteiger partial charge is 0.493 e. The van der Waals surface area contributed by atoms with E-state index in [1.165, 1.54) is 19.3 Å². The van der Waals surface area contributed by atoms with Crippen molar-refractivity contribution in [3.05, 3.63) is 35.2 Å². The van der Waals surface area contributed by atoms with E-state index >= 15 is 0 Å². The van der Waals surface area contributed by atoms with Crippen LogP contribution >= 0.6 is 0 Å². The molecule has 4 heterocycles. The van der Waals surface area contributed by atoms with Gasteiger partial charge in [-0.2, -0.15) is 5.10 Å². The van der Waals surface area contributed by atoms with E-state index in [0.29, 0.717) is 67.4 Å². The van der Waals surface area contributed by atoms with Crippen molar-refractivity contribution in [2.75, 3.05) is 72.0 Å². The second kappa shape index (κ2) is 15.4. The number of carbonyl (C=O) groups is 2. The minimum atomic E-state index is -0.0571. The Morgan fingerprint density at radius 3 is 2.52 bits per heavy atom. The van der Waals surface area contributed by atoms with Crippen molar-refractivity contribution in [2.24, 2.45) is 5.92 Å². The van der Waals surface area contributed by atoms with E-state index in [9.17, 15) is 9.59 Å². The number of H-pyrrole nitrogens is 1. The van der Waals surface area contributed by atoms with Crippen LogP contribution in [0.15, 0.2) is 18.3 Å². The van der Waals surface area contributed by atoms with Crippen molar-refractivity contribution in [2.45, 2.75) is 70.8 Å². The van der Waals surface area contributed by atoms with Crippen molar-refractivity contribution in [1.29, 1.82) is 0 Å². The number of amides is 2. The molecule has 6 rings (SSSR count). The lowest BCUT2D eigenvalue weighted by atomic mass is 9.85. The van der Waals surface area contributed by atoms with Gasteiger partial charge in [0.05, 0.1) is 44.3 Å². The zero-order valence-corrected chi connectivity index (χ0v) is 29.0. The van der Waals surface area contributed by atoms with Gasteiger partial charge in [-0.1, -0.05) is 26.2 Å². The van der Waals surface area contributed by atoms with Gasteiger partial charge in [0.1, 0.15) is 5.82 Å². The standard InChI is InChI=1S/C36H51N7O5/c1-5-41-16-17-42(36(45)28-21-38-40-32(28)25-11-7-6-8-12-25)15-13-31(44)37-20-24-10-9-14-43(22-24)35-26(23-41)18-27-29(39-35)19-30(46-2)34(48-4)33(27)47-3/h18-19,21,24-25H,5-17,20,22-23H2,1-4H3,(H,37,44)(H,38,40). The molecule has 12 nitrogen and oxygen atoms in total. The summed E-state index contributed by atoms with van der Waals surface area (Å²) in [7, 11) is 4.87. The van der Waals surface area contributed by atoms with E-state index in [0.717, 1.165) is 73.3 Å². The topological polar surface area (TPSA) is 125 Å². The van der Waals surface area contributed by atoms with E-state index < -0.39 is 0 Å². The average Bonchev–Trinajstić information content (AvgIpc) is 3.62. The molecule has 1 saturated carbocycles. The lowest BCUT2D eigenvalue weighted by Crippen LogP contribution is -2.42. The van der Waals surface area contributed by atoms with Gasteiger partial charge >= 0.3 is 0 Å². The highest BCUT2D eigenvalue weighted by molar-refractivity contribution is 5.95. The molecule has 3 aromatic rings. The number of anilines is 1. The number of pyridine rings is 1. The van der Waals surface area contributed by atoms with Crippen LogP contribution in [0.4, 0.5) is 5.82 Å². The summed E-state index contributed by atoms with van der Waals surface area (Å²) in [5.41, 5.74) is 3.44. The van der Waals surface area contributed by atoms with Gasteiger partial charge in [0.2, 0.25) is 11.7 Å². The predicted molar refractivity (Wildman–Crippen MR) is 185 cm³/mol. The number of fused-ring (bicyclic) bond motifs is 5. The normalized spacial score (nSPS) is 20.4. The van der Waals surface area contributed by atoms with Crippen molar-refractivity contribution in [3.8, 4) is 17.2 Å². The van der Waals surface area contributed by atoms with Gasteiger partial charge in [-0.3, -0.25) is 19.6 Å². The molecule has 1 saturated heterocycles. The third kappa shape index (κ3) is 7.18. The molecule has 2 N–H and O–H groups in total. The number of hydrogen-bond acceptors (Lipinski definition) is 9. The summed E-state index contributed by atoms with van der Waals surface area (Å²) in [5, 5.41) is 11.5. The summed E-state index contributed by atoms with van der Waals surface area (Å²) in [4.78, 5) is 39.1. The van der Waals surface area contributed by atoms with Crippen LogP contribution in [0.3, 0.4) is 0 Å². The Kier molecular flexibility index (Phi) is 10.9. The Bertz CT molecular complexity index is 1590. The summed E-state index contributed by atoms with van der Waals surface area (Å²) in [5.74, 6) is 3.16. The number of nitrogens with zero attached hydrogens (tertiary/aromatic N) is 5. The molecular weight excluding hydrogens is 610 g/mol. The first kappa shape index (κ1) is 33.8. The average molecular weight is 662 g/mol. The van der Waals surface area contributed by atoms with Crippen LogP contribution in [-0.4, -0.2) is 104 Å². The van der Waals surface area contributed by atoms with Gasteiger partial charge in [0.25, 0.3) is 5.91 Å². The van der Waals surface area contributed by atoms with E-state index in [-0.39, 0.29) is 18.2 Å². The van der Waals surface area contributed by atoms with Gasteiger partial charge in [-0.05, 0) is 44.2 Å². The third-order valence-corrected chi connectivity index (χ3v) is 10.4. The third-order valence-electron chi connectivity index (χ3n) is 10.4. The molecular formula is C36H51N7O5. The van der Waals surface area contributed by atoms with Gasteiger partial charge in [0.15, 0.2) is 11.5 Å². The molecule has 2 fully saturated rings. The Balaban J connectivity index is 1.35. The number of likely N-dealkylation sites (N-methyl/N-ethyl adjacent to an activating group) is 1. The molecule has 1 atom stereocenters. The van der Waals surface area contributed by atoms with Crippen LogP contribution < -0.4 is 24.4 Å². The smallest absolute Gasteiger partial charge is 0.257 e. The molecule has 2 aromatic heterocycles. The molecule has 3 aliphatic rings. The minimum Gasteiger partial charge on any atom is -0.493 e. The Hall–Kier alpha value is -4.06. The number of ether oxygens (including phenoxy) is 3. The molecule has 48 heavy (non-hydrogen) atoms. The number of nitrogens with one attached hydrogen (secondary N) is 2. The van der Waals surface area contributed by atoms with Crippen molar-refractivity contribution in [3.63, 3.8) is 0 Å². The minimum absolute atomic E-state index is 0.0236. The quantitative estimate of drug-likeness (QED) is 0.386. The molecule has 2 bridgehead atoms. The number of hydrogen-bond donors (Lipinski definition) is 2. The maximum Gasteiger partial charge on any atom is 0.257 e. The molecule has 0 spiro atoms.